The maximum absolute atomic E-state index is 12.9. The second kappa shape index (κ2) is 56.7. The summed E-state index contributed by atoms with van der Waals surface area (Å²) < 4.78 is 16.9. The van der Waals surface area contributed by atoms with Gasteiger partial charge in [-0.15, -0.1) is 0 Å². The SMILES string of the molecule is CCC/C=C\CCCCCCCC(=O)OCC(COC(=O)CCCCCCCCCCCCCCCCCCCCCC)OC(=O)CCCCCCCCCCCCCCCCCCCCC. The highest BCUT2D eigenvalue weighted by Crippen LogP contribution is 2.18. The van der Waals surface area contributed by atoms with Crippen LogP contribution in [0.5, 0.6) is 0 Å². The molecule has 0 aliphatic heterocycles. The maximum Gasteiger partial charge on any atom is 0.306 e. The van der Waals surface area contributed by atoms with Gasteiger partial charge in [0.1, 0.15) is 13.2 Å². The number of ether oxygens (including phenoxy) is 3. The molecule has 1 atom stereocenters. The van der Waals surface area contributed by atoms with Gasteiger partial charge in [-0.05, 0) is 38.5 Å². The third-order valence-electron chi connectivity index (χ3n) is 13.8. The smallest absolute Gasteiger partial charge is 0.306 e. The number of rotatable bonds is 56. The van der Waals surface area contributed by atoms with Crippen molar-refractivity contribution < 1.29 is 28.6 Å². The standard InChI is InChI=1S/C61H116O6/c1-4-7-10-13-16-19-22-24-26-28-30-32-33-35-37-39-42-45-48-51-54-60(63)66-57-58(56-65-59(62)53-50-47-44-41-21-18-15-12-9-6-3)67-61(64)55-52-49-46-43-40-38-36-34-31-29-27-25-23-20-17-14-11-8-5-2/h12,15,58H,4-11,13-14,16-57H2,1-3H3/b15-12-. The number of hydrogen-bond acceptors (Lipinski definition) is 6. The first-order chi connectivity index (χ1) is 33.0. The van der Waals surface area contributed by atoms with E-state index in [1.54, 1.807) is 0 Å². The second-order valence-corrected chi connectivity index (χ2v) is 20.6. The lowest BCUT2D eigenvalue weighted by Gasteiger charge is -2.18. The van der Waals surface area contributed by atoms with E-state index < -0.39 is 6.10 Å². The molecule has 0 spiro atoms. The first kappa shape index (κ1) is 65.1. The van der Waals surface area contributed by atoms with E-state index in [2.05, 4.69) is 32.9 Å². The summed E-state index contributed by atoms with van der Waals surface area (Å²) in [7, 11) is 0. The summed E-state index contributed by atoms with van der Waals surface area (Å²) in [6.07, 6.45) is 65.1. The minimum Gasteiger partial charge on any atom is -0.462 e. The molecule has 1 unspecified atom stereocenters. The van der Waals surface area contributed by atoms with Gasteiger partial charge in [-0.2, -0.15) is 0 Å². The molecule has 0 radical (unpaired) electrons. The Labute approximate surface area is 418 Å². The zero-order valence-corrected chi connectivity index (χ0v) is 45.5. The highest BCUT2D eigenvalue weighted by Gasteiger charge is 2.19. The van der Waals surface area contributed by atoms with Crippen molar-refractivity contribution in [2.24, 2.45) is 0 Å². The van der Waals surface area contributed by atoms with Crippen molar-refractivity contribution in [3.63, 3.8) is 0 Å². The van der Waals surface area contributed by atoms with E-state index in [0.29, 0.717) is 19.3 Å². The van der Waals surface area contributed by atoms with Crippen LogP contribution >= 0.6 is 0 Å². The van der Waals surface area contributed by atoms with Crippen molar-refractivity contribution in [2.75, 3.05) is 13.2 Å². The molecule has 0 amide bonds. The van der Waals surface area contributed by atoms with Crippen molar-refractivity contribution in [3.8, 4) is 0 Å². The Morgan fingerprint density at radius 3 is 0.806 bits per heavy atom. The van der Waals surface area contributed by atoms with Crippen LogP contribution in [0.25, 0.3) is 0 Å². The molecule has 0 N–H and O–H groups in total. The topological polar surface area (TPSA) is 78.9 Å². The van der Waals surface area contributed by atoms with Gasteiger partial charge in [0.15, 0.2) is 6.10 Å². The van der Waals surface area contributed by atoms with Gasteiger partial charge in [0.05, 0.1) is 0 Å². The van der Waals surface area contributed by atoms with Crippen LogP contribution in [0.4, 0.5) is 0 Å². The molecule has 0 aromatic heterocycles. The van der Waals surface area contributed by atoms with E-state index in [-0.39, 0.29) is 31.1 Å². The van der Waals surface area contributed by atoms with E-state index in [9.17, 15) is 14.4 Å². The van der Waals surface area contributed by atoms with Crippen molar-refractivity contribution in [2.45, 2.75) is 348 Å². The van der Waals surface area contributed by atoms with Gasteiger partial charge in [0.25, 0.3) is 0 Å². The molecule has 0 aliphatic carbocycles. The molecular formula is C61H116O6. The van der Waals surface area contributed by atoms with Crippen LogP contribution in [0.15, 0.2) is 12.2 Å². The Balaban J connectivity index is 4.21. The Morgan fingerprint density at radius 2 is 0.522 bits per heavy atom. The maximum atomic E-state index is 12.9. The minimum absolute atomic E-state index is 0.0665. The van der Waals surface area contributed by atoms with E-state index in [1.165, 1.54) is 231 Å². The third kappa shape index (κ3) is 55.0. The molecule has 396 valence electrons. The lowest BCUT2D eigenvalue weighted by Crippen LogP contribution is -2.30. The molecule has 0 aromatic rings. The highest BCUT2D eigenvalue weighted by molar-refractivity contribution is 5.71. The molecule has 0 rings (SSSR count). The van der Waals surface area contributed by atoms with E-state index in [4.69, 9.17) is 14.2 Å². The van der Waals surface area contributed by atoms with Crippen molar-refractivity contribution in [1.29, 1.82) is 0 Å². The van der Waals surface area contributed by atoms with Crippen molar-refractivity contribution in [1.82, 2.24) is 0 Å². The van der Waals surface area contributed by atoms with Crippen LogP contribution < -0.4 is 0 Å². The summed E-state index contributed by atoms with van der Waals surface area (Å²) in [6.45, 7) is 6.64. The van der Waals surface area contributed by atoms with Gasteiger partial charge in [-0.25, -0.2) is 0 Å². The number of allylic oxidation sites excluding steroid dienone is 2. The zero-order valence-electron chi connectivity index (χ0n) is 45.5. The van der Waals surface area contributed by atoms with Gasteiger partial charge in [-0.3, -0.25) is 14.4 Å². The van der Waals surface area contributed by atoms with Gasteiger partial charge >= 0.3 is 17.9 Å². The Bertz CT molecular complexity index is 1040. The normalized spacial score (nSPS) is 12.0. The van der Waals surface area contributed by atoms with E-state index in [0.717, 1.165) is 70.6 Å². The fourth-order valence-electron chi connectivity index (χ4n) is 9.21. The molecule has 0 aromatic carbocycles. The number of unbranched alkanes of at least 4 members (excludes halogenated alkanes) is 43. The molecule has 0 fully saturated rings. The van der Waals surface area contributed by atoms with E-state index >= 15 is 0 Å². The van der Waals surface area contributed by atoms with Crippen LogP contribution in [0.1, 0.15) is 342 Å². The predicted octanol–water partition coefficient (Wildman–Crippen LogP) is 20.1. The summed E-state index contributed by atoms with van der Waals surface area (Å²) in [5, 5.41) is 0. The molecule has 6 heteroatoms. The number of carbonyl (C=O) groups excluding carboxylic acids is 3. The monoisotopic (exact) mass is 945 g/mol. The van der Waals surface area contributed by atoms with Crippen LogP contribution in [0.3, 0.4) is 0 Å². The van der Waals surface area contributed by atoms with Crippen LogP contribution in [-0.4, -0.2) is 37.2 Å². The number of carbonyl (C=O) groups is 3. The Kier molecular flexibility index (Phi) is 55.2. The molecular weight excluding hydrogens is 829 g/mol. The zero-order chi connectivity index (χ0) is 48.6. The summed E-state index contributed by atoms with van der Waals surface area (Å²) >= 11 is 0. The molecule has 0 heterocycles. The fourth-order valence-corrected chi connectivity index (χ4v) is 9.21. The lowest BCUT2D eigenvalue weighted by atomic mass is 10.0. The Morgan fingerprint density at radius 1 is 0.284 bits per heavy atom. The summed E-state index contributed by atoms with van der Waals surface area (Å²) in [5.41, 5.74) is 0. The molecule has 0 aliphatic rings. The first-order valence-electron chi connectivity index (χ1n) is 30.2. The molecule has 0 saturated heterocycles. The van der Waals surface area contributed by atoms with Crippen LogP contribution in [0.2, 0.25) is 0 Å². The van der Waals surface area contributed by atoms with Crippen LogP contribution in [-0.2, 0) is 28.6 Å². The lowest BCUT2D eigenvalue weighted by molar-refractivity contribution is -0.167. The summed E-state index contributed by atoms with van der Waals surface area (Å²) in [4.78, 5) is 38.1. The Hall–Kier alpha value is -1.85. The van der Waals surface area contributed by atoms with Crippen LogP contribution in [0, 0.1) is 0 Å². The summed E-state index contributed by atoms with van der Waals surface area (Å²) in [6, 6.07) is 0. The molecule has 0 saturated carbocycles. The largest absolute Gasteiger partial charge is 0.462 e. The second-order valence-electron chi connectivity index (χ2n) is 20.6. The van der Waals surface area contributed by atoms with E-state index in [1.807, 2.05) is 0 Å². The molecule has 67 heavy (non-hydrogen) atoms. The molecule has 6 nitrogen and oxygen atoms in total. The van der Waals surface area contributed by atoms with Crippen molar-refractivity contribution in [3.05, 3.63) is 12.2 Å². The van der Waals surface area contributed by atoms with Gasteiger partial charge in [-0.1, -0.05) is 296 Å². The van der Waals surface area contributed by atoms with Gasteiger partial charge < -0.3 is 14.2 Å². The predicted molar refractivity (Wildman–Crippen MR) is 289 cm³/mol. The quantitative estimate of drug-likeness (QED) is 0.0262. The summed E-state index contributed by atoms with van der Waals surface area (Å²) in [5.74, 6) is -0.852. The third-order valence-corrected chi connectivity index (χ3v) is 13.8. The number of hydrogen-bond donors (Lipinski definition) is 0. The first-order valence-corrected chi connectivity index (χ1v) is 30.2. The van der Waals surface area contributed by atoms with Crippen molar-refractivity contribution >= 4 is 17.9 Å². The molecule has 0 bridgehead atoms. The number of esters is 3. The van der Waals surface area contributed by atoms with Gasteiger partial charge in [0.2, 0.25) is 0 Å². The average Bonchev–Trinajstić information content (AvgIpc) is 3.33. The van der Waals surface area contributed by atoms with Gasteiger partial charge in [0, 0.05) is 19.3 Å². The highest BCUT2D eigenvalue weighted by atomic mass is 16.6. The fraction of sp³-hybridized carbons (Fsp3) is 0.918. The minimum atomic E-state index is -0.767. The average molecular weight is 946 g/mol.